The summed E-state index contributed by atoms with van der Waals surface area (Å²) in [6.45, 7) is 0. The van der Waals surface area contributed by atoms with Crippen molar-refractivity contribution in [3.8, 4) is 0 Å². The van der Waals surface area contributed by atoms with Gasteiger partial charge in [-0.2, -0.15) is 0 Å². The highest BCUT2D eigenvalue weighted by molar-refractivity contribution is 5.77. The predicted octanol–water partition coefficient (Wildman–Crippen LogP) is -0.319. The van der Waals surface area contributed by atoms with E-state index >= 15 is 0 Å². The maximum atomic E-state index is 10.4. The number of hydrogen-bond acceptors (Lipinski definition) is 2. The third-order valence-corrected chi connectivity index (χ3v) is 1.89. The van der Waals surface area contributed by atoms with Crippen LogP contribution in [0.5, 0.6) is 0 Å². The van der Waals surface area contributed by atoms with Crippen molar-refractivity contribution in [2.45, 2.75) is 31.3 Å². The van der Waals surface area contributed by atoms with E-state index in [1.807, 2.05) is 0 Å². The minimum Gasteiger partial charge on any atom is -0.480 e. The van der Waals surface area contributed by atoms with Crippen LogP contribution in [0, 0.1) is 0 Å². The molecule has 67 valence electrons. The van der Waals surface area contributed by atoms with Crippen LogP contribution < -0.4 is 5.32 Å². The van der Waals surface area contributed by atoms with Gasteiger partial charge in [0.2, 0.25) is 0 Å². The molecule has 5 nitrogen and oxygen atoms in total. The fraction of sp³-hybridized carbons (Fsp3) is 0.714. The molecular weight excluding hydrogens is 162 g/mol. The molecule has 0 aliphatic carbocycles. The van der Waals surface area contributed by atoms with Crippen molar-refractivity contribution in [3.63, 3.8) is 0 Å². The zero-order valence-corrected chi connectivity index (χ0v) is 6.43. The highest BCUT2D eigenvalue weighted by Crippen LogP contribution is 2.14. The van der Waals surface area contributed by atoms with Crippen LogP contribution in [0.1, 0.15) is 19.3 Å². The van der Waals surface area contributed by atoms with Crippen molar-refractivity contribution in [3.05, 3.63) is 0 Å². The van der Waals surface area contributed by atoms with E-state index in [-0.39, 0.29) is 0 Å². The molecule has 0 aromatic rings. The normalized spacial score (nSPS) is 29.7. The molecule has 1 aliphatic heterocycles. The van der Waals surface area contributed by atoms with E-state index in [0.717, 1.165) is 0 Å². The Hall–Kier alpha value is -1.10. The van der Waals surface area contributed by atoms with Crippen LogP contribution in [-0.2, 0) is 9.59 Å². The minimum atomic E-state index is -1.03. The lowest BCUT2D eigenvalue weighted by molar-refractivity contribution is -0.144. The molecule has 2 unspecified atom stereocenters. The van der Waals surface area contributed by atoms with Crippen LogP contribution in [0.25, 0.3) is 0 Å². The Labute approximate surface area is 69.4 Å². The van der Waals surface area contributed by atoms with Crippen LogP contribution in [0.15, 0.2) is 0 Å². The van der Waals surface area contributed by atoms with Crippen LogP contribution in [-0.4, -0.2) is 34.2 Å². The number of piperidine rings is 1. The number of carboxylic acids is 2. The van der Waals surface area contributed by atoms with Crippen molar-refractivity contribution < 1.29 is 19.8 Å². The first-order chi connectivity index (χ1) is 5.61. The monoisotopic (exact) mass is 172 g/mol. The summed E-state index contributed by atoms with van der Waals surface area (Å²) in [7, 11) is 0. The molecule has 1 rings (SSSR count). The summed E-state index contributed by atoms with van der Waals surface area (Å²) >= 11 is 0. The van der Waals surface area contributed by atoms with E-state index < -0.39 is 24.0 Å². The first-order valence-corrected chi connectivity index (χ1v) is 3.77. The maximum absolute atomic E-state index is 10.4. The van der Waals surface area contributed by atoms with Crippen molar-refractivity contribution in [1.82, 2.24) is 5.32 Å². The molecule has 2 atom stereocenters. The Balaban J connectivity index is 2.51. The lowest BCUT2D eigenvalue weighted by atomic mass is 9.99. The van der Waals surface area contributed by atoms with Crippen molar-refractivity contribution in [2.24, 2.45) is 0 Å². The third-order valence-electron chi connectivity index (χ3n) is 1.89. The SMILES string of the molecule is O=C(O)C1CCCC(C(=O)O)[N]1. The van der Waals surface area contributed by atoms with Gasteiger partial charge in [0.25, 0.3) is 0 Å². The van der Waals surface area contributed by atoms with Gasteiger partial charge in [-0.1, -0.05) is 0 Å². The number of carbonyl (C=O) groups is 2. The van der Waals surface area contributed by atoms with Gasteiger partial charge in [0.15, 0.2) is 0 Å². The van der Waals surface area contributed by atoms with E-state index in [1.165, 1.54) is 0 Å². The highest BCUT2D eigenvalue weighted by Gasteiger charge is 2.31. The molecule has 0 aromatic carbocycles. The van der Waals surface area contributed by atoms with Crippen LogP contribution >= 0.6 is 0 Å². The second-order valence-corrected chi connectivity index (χ2v) is 2.79. The number of hydrogen-bond donors (Lipinski definition) is 2. The van der Waals surface area contributed by atoms with Gasteiger partial charge in [-0.05, 0) is 19.3 Å². The fourth-order valence-electron chi connectivity index (χ4n) is 1.25. The second kappa shape index (κ2) is 3.53. The van der Waals surface area contributed by atoms with E-state index in [2.05, 4.69) is 5.32 Å². The summed E-state index contributed by atoms with van der Waals surface area (Å²) in [5.41, 5.74) is 0. The summed E-state index contributed by atoms with van der Waals surface area (Å²) in [6.07, 6.45) is 1.54. The topological polar surface area (TPSA) is 88.7 Å². The third kappa shape index (κ3) is 1.94. The zero-order chi connectivity index (χ0) is 9.14. The molecular formula is C7H10NO4. The van der Waals surface area contributed by atoms with E-state index in [1.54, 1.807) is 0 Å². The molecule has 1 heterocycles. The average molecular weight is 172 g/mol. The smallest absolute Gasteiger partial charge is 0.322 e. The number of carboxylic acid groups (broad SMARTS) is 2. The van der Waals surface area contributed by atoms with E-state index in [0.29, 0.717) is 19.3 Å². The average Bonchev–Trinajstić information content (AvgIpc) is 2.04. The molecule has 0 aromatic heterocycles. The van der Waals surface area contributed by atoms with Gasteiger partial charge in [-0.3, -0.25) is 9.59 Å². The van der Waals surface area contributed by atoms with Gasteiger partial charge in [0.1, 0.15) is 12.1 Å². The number of nitrogens with zero attached hydrogens (tertiary/aromatic N) is 1. The number of rotatable bonds is 2. The molecule has 12 heavy (non-hydrogen) atoms. The summed E-state index contributed by atoms with van der Waals surface area (Å²) < 4.78 is 0. The molecule has 1 fully saturated rings. The predicted molar refractivity (Wildman–Crippen MR) is 38.8 cm³/mol. The molecule has 5 heteroatoms. The first-order valence-electron chi connectivity index (χ1n) is 3.77. The highest BCUT2D eigenvalue weighted by atomic mass is 16.4. The van der Waals surface area contributed by atoms with Crippen LogP contribution in [0.3, 0.4) is 0 Å². The molecule has 1 aliphatic rings. The first kappa shape index (κ1) is 8.99. The number of aliphatic carboxylic acids is 2. The van der Waals surface area contributed by atoms with Gasteiger partial charge in [0, 0.05) is 0 Å². The Morgan fingerprint density at radius 2 is 1.50 bits per heavy atom. The van der Waals surface area contributed by atoms with Crippen molar-refractivity contribution >= 4 is 11.9 Å². The minimum absolute atomic E-state index is 0.457. The quantitative estimate of drug-likeness (QED) is 0.597. The summed E-state index contributed by atoms with van der Waals surface area (Å²) in [4.78, 5) is 20.9. The Morgan fingerprint density at radius 3 is 1.83 bits per heavy atom. The molecule has 0 saturated carbocycles. The van der Waals surface area contributed by atoms with Gasteiger partial charge in [0.05, 0.1) is 0 Å². The van der Waals surface area contributed by atoms with Crippen LogP contribution in [0.4, 0.5) is 0 Å². The summed E-state index contributed by atoms with van der Waals surface area (Å²) in [5, 5.41) is 20.8. The van der Waals surface area contributed by atoms with Gasteiger partial charge < -0.3 is 10.2 Å². The Bertz CT molecular complexity index is 184. The summed E-state index contributed by atoms with van der Waals surface area (Å²) in [5.74, 6) is -2.05. The Morgan fingerprint density at radius 1 is 1.08 bits per heavy atom. The van der Waals surface area contributed by atoms with E-state index in [4.69, 9.17) is 10.2 Å². The van der Waals surface area contributed by atoms with Gasteiger partial charge in [-0.15, -0.1) is 0 Å². The zero-order valence-electron chi connectivity index (χ0n) is 6.43. The maximum Gasteiger partial charge on any atom is 0.322 e. The molecule has 0 amide bonds. The second-order valence-electron chi connectivity index (χ2n) is 2.79. The standard InChI is InChI=1S/C7H10NO4/c9-6(10)4-2-1-3-5(8-4)7(11)12/h4-5H,1-3H2,(H,9,10)(H,11,12). The van der Waals surface area contributed by atoms with Gasteiger partial charge in [-0.25, -0.2) is 5.32 Å². The van der Waals surface area contributed by atoms with Crippen molar-refractivity contribution in [2.75, 3.05) is 0 Å². The van der Waals surface area contributed by atoms with Gasteiger partial charge >= 0.3 is 11.9 Å². The lowest BCUT2D eigenvalue weighted by Gasteiger charge is -2.23. The van der Waals surface area contributed by atoms with E-state index in [9.17, 15) is 9.59 Å². The molecule has 1 radical (unpaired) electrons. The Kier molecular flexibility index (Phi) is 2.65. The molecule has 0 spiro atoms. The molecule has 1 saturated heterocycles. The van der Waals surface area contributed by atoms with Crippen LogP contribution in [0.2, 0.25) is 0 Å². The molecule has 2 N–H and O–H groups in total. The lowest BCUT2D eigenvalue weighted by Crippen LogP contribution is -2.44. The summed E-state index contributed by atoms with van der Waals surface area (Å²) in [6, 6.07) is -1.64. The largest absolute Gasteiger partial charge is 0.480 e. The fourth-order valence-corrected chi connectivity index (χ4v) is 1.25. The van der Waals surface area contributed by atoms with Crippen molar-refractivity contribution in [1.29, 1.82) is 0 Å². The molecule has 0 bridgehead atoms.